The number of halogens is 1. The summed E-state index contributed by atoms with van der Waals surface area (Å²) in [6.45, 7) is 0.809. The molecule has 6 nitrogen and oxygen atoms in total. The molecule has 0 saturated carbocycles. The van der Waals surface area contributed by atoms with Crippen LogP contribution in [0.4, 0.5) is 5.82 Å². The first-order chi connectivity index (χ1) is 11.1. The maximum atomic E-state index is 12.4. The number of hydrogen-bond acceptors (Lipinski definition) is 5. The molecule has 7 heteroatoms. The van der Waals surface area contributed by atoms with Gasteiger partial charge in [0.25, 0.3) is 0 Å². The van der Waals surface area contributed by atoms with Gasteiger partial charge in [-0.1, -0.05) is 11.6 Å². The monoisotopic (exact) mass is 329 g/mol. The maximum absolute atomic E-state index is 12.4. The third-order valence-electron chi connectivity index (χ3n) is 4.05. The quantitative estimate of drug-likeness (QED) is 0.806. The Morgan fingerprint density at radius 2 is 2.35 bits per heavy atom. The van der Waals surface area contributed by atoms with E-state index in [1.54, 1.807) is 30.2 Å². The van der Waals surface area contributed by atoms with Crippen LogP contribution in [0.2, 0.25) is 5.02 Å². The van der Waals surface area contributed by atoms with E-state index in [2.05, 4.69) is 15.0 Å². The Morgan fingerprint density at radius 1 is 1.52 bits per heavy atom. The average molecular weight is 330 g/mol. The number of aromatic nitrogens is 3. The molecule has 1 saturated heterocycles. The summed E-state index contributed by atoms with van der Waals surface area (Å²) in [5.41, 5.74) is 1.05. The van der Waals surface area contributed by atoms with Gasteiger partial charge in [-0.3, -0.25) is 9.48 Å². The van der Waals surface area contributed by atoms with Crippen molar-refractivity contribution in [2.24, 2.45) is 7.05 Å². The first kappa shape index (κ1) is 15.5. The molecule has 1 aliphatic heterocycles. The van der Waals surface area contributed by atoms with Crippen molar-refractivity contribution in [3.05, 3.63) is 40.8 Å². The number of nitrogens with zero attached hydrogens (tertiary/aromatic N) is 5. The fourth-order valence-corrected chi connectivity index (χ4v) is 3.20. The Hall–Kier alpha value is -2.39. The fourth-order valence-electron chi connectivity index (χ4n) is 2.93. The summed E-state index contributed by atoms with van der Waals surface area (Å²) in [5.74, 6) is 0.715. The summed E-state index contributed by atoms with van der Waals surface area (Å²) >= 11 is 6.26. The zero-order valence-electron chi connectivity index (χ0n) is 12.7. The smallest absolute Gasteiger partial charge is 0.168 e. The van der Waals surface area contributed by atoms with Gasteiger partial charge in [0.05, 0.1) is 22.3 Å². The van der Waals surface area contributed by atoms with Crippen molar-refractivity contribution in [3.63, 3.8) is 0 Å². The van der Waals surface area contributed by atoms with Crippen molar-refractivity contribution >= 4 is 23.2 Å². The van der Waals surface area contributed by atoms with Crippen LogP contribution < -0.4 is 4.90 Å². The van der Waals surface area contributed by atoms with Gasteiger partial charge in [-0.05, 0) is 18.9 Å². The number of Topliss-reactive ketones (excluding diaryl/α,β-unsaturated/α-hetero) is 1. The predicted molar refractivity (Wildman–Crippen MR) is 86.5 cm³/mol. The Balaban J connectivity index is 1.78. The second-order valence-electron chi connectivity index (χ2n) is 5.66. The normalized spacial score (nSPS) is 17.3. The minimum atomic E-state index is 0.0692. The highest BCUT2D eigenvalue weighted by Crippen LogP contribution is 2.32. The zero-order valence-corrected chi connectivity index (χ0v) is 13.5. The van der Waals surface area contributed by atoms with Crippen LogP contribution in [0.25, 0.3) is 0 Å². The summed E-state index contributed by atoms with van der Waals surface area (Å²) in [5, 5.41) is 13.4. The number of anilines is 1. The van der Waals surface area contributed by atoms with E-state index in [0.29, 0.717) is 28.4 Å². The summed E-state index contributed by atoms with van der Waals surface area (Å²) in [4.78, 5) is 18.8. The van der Waals surface area contributed by atoms with E-state index in [9.17, 15) is 4.79 Å². The molecule has 2 aromatic heterocycles. The minimum absolute atomic E-state index is 0.0692. The maximum Gasteiger partial charge on any atom is 0.168 e. The third-order valence-corrected chi connectivity index (χ3v) is 4.33. The Kier molecular flexibility index (Phi) is 4.30. The number of aryl methyl sites for hydroxylation is 1. The van der Waals surface area contributed by atoms with E-state index < -0.39 is 0 Å². The molecule has 0 amide bonds. The van der Waals surface area contributed by atoms with Gasteiger partial charge in [0.15, 0.2) is 5.78 Å². The van der Waals surface area contributed by atoms with Crippen LogP contribution in [-0.2, 0) is 7.05 Å². The van der Waals surface area contributed by atoms with Gasteiger partial charge in [-0.15, -0.1) is 0 Å². The highest BCUT2D eigenvalue weighted by Gasteiger charge is 2.29. The first-order valence-electron chi connectivity index (χ1n) is 7.42. The van der Waals surface area contributed by atoms with E-state index in [1.807, 2.05) is 6.07 Å². The minimum Gasteiger partial charge on any atom is -0.352 e. The van der Waals surface area contributed by atoms with E-state index >= 15 is 0 Å². The van der Waals surface area contributed by atoms with Crippen LogP contribution >= 0.6 is 11.6 Å². The lowest BCUT2D eigenvalue weighted by molar-refractivity contribution is 0.0974. The molecule has 0 aliphatic carbocycles. The van der Waals surface area contributed by atoms with Gasteiger partial charge in [-0.2, -0.15) is 10.4 Å². The number of rotatable bonds is 4. The molecule has 3 rings (SSSR count). The molecule has 0 radical (unpaired) electrons. The first-order valence-corrected chi connectivity index (χ1v) is 7.80. The van der Waals surface area contributed by atoms with Gasteiger partial charge >= 0.3 is 0 Å². The molecule has 3 heterocycles. The summed E-state index contributed by atoms with van der Waals surface area (Å²) < 4.78 is 1.62. The molecular formula is C16H16ClN5O. The number of pyridine rings is 1. The standard InChI is InChI=1S/C16H16ClN5O/c1-21-10-12(9-20-21)15(23)6-13-3-2-4-22(13)16-14(17)5-11(7-18)8-19-16/h5,8-10,13H,2-4,6H2,1H3. The number of carbonyl (C=O) groups is 1. The van der Waals surface area contributed by atoms with Gasteiger partial charge in [-0.25, -0.2) is 4.98 Å². The molecule has 0 aromatic carbocycles. The van der Waals surface area contributed by atoms with Gasteiger partial charge < -0.3 is 4.90 Å². The van der Waals surface area contributed by atoms with E-state index in [-0.39, 0.29) is 11.8 Å². The second-order valence-corrected chi connectivity index (χ2v) is 6.07. The van der Waals surface area contributed by atoms with Crippen molar-refractivity contribution in [1.29, 1.82) is 5.26 Å². The van der Waals surface area contributed by atoms with Crippen LogP contribution in [0, 0.1) is 11.3 Å². The molecule has 1 fully saturated rings. The second kappa shape index (κ2) is 6.39. The molecule has 1 aliphatic rings. The molecule has 1 atom stereocenters. The van der Waals surface area contributed by atoms with Crippen LogP contribution in [0.1, 0.15) is 35.2 Å². The molecular weight excluding hydrogens is 314 g/mol. The number of carbonyl (C=O) groups excluding carboxylic acids is 1. The van der Waals surface area contributed by atoms with Crippen molar-refractivity contribution < 1.29 is 4.79 Å². The van der Waals surface area contributed by atoms with E-state index in [0.717, 1.165) is 19.4 Å². The summed E-state index contributed by atoms with van der Waals surface area (Å²) in [7, 11) is 1.79. The largest absolute Gasteiger partial charge is 0.352 e. The summed E-state index contributed by atoms with van der Waals surface area (Å²) in [6.07, 6.45) is 7.15. The van der Waals surface area contributed by atoms with Gasteiger partial charge in [0.1, 0.15) is 11.9 Å². The SMILES string of the molecule is Cn1cc(C(=O)CC2CCCN2c2ncc(C#N)cc2Cl)cn1. The lowest BCUT2D eigenvalue weighted by Crippen LogP contribution is -2.32. The highest BCUT2D eigenvalue weighted by molar-refractivity contribution is 6.33. The molecule has 1 unspecified atom stereocenters. The Labute approximate surface area is 139 Å². The number of ketones is 1. The lowest BCUT2D eigenvalue weighted by Gasteiger charge is -2.26. The van der Waals surface area contributed by atoms with E-state index in [4.69, 9.17) is 16.9 Å². The zero-order chi connectivity index (χ0) is 16.4. The van der Waals surface area contributed by atoms with Crippen LogP contribution in [-0.4, -0.2) is 33.1 Å². The Morgan fingerprint density at radius 3 is 3.00 bits per heavy atom. The van der Waals surface area contributed by atoms with Crippen molar-refractivity contribution in [2.45, 2.75) is 25.3 Å². The molecule has 0 spiro atoms. The van der Waals surface area contributed by atoms with E-state index in [1.165, 1.54) is 6.20 Å². The fraction of sp³-hybridized carbons (Fsp3) is 0.375. The van der Waals surface area contributed by atoms with Gasteiger partial charge in [0, 0.05) is 38.4 Å². The van der Waals surface area contributed by atoms with Crippen molar-refractivity contribution in [2.75, 3.05) is 11.4 Å². The van der Waals surface area contributed by atoms with Crippen LogP contribution in [0.3, 0.4) is 0 Å². The van der Waals surface area contributed by atoms with Gasteiger partial charge in [0.2, 0.25) is 0 Å². The molecule has 0 N–H and O–H groups in total. The molecule has 118 valence electrons. The van der Waals surface area contributed by atoms with Crippen molar-refractivity contribution in [3.8, 4) is 6.07 Å². The predicted octanol–water partition coefficient (Wildman–Crippen LogP) is 2.58. The average Bonchev–Trinajstić information content (AvgIpc) is 3.16. The molecule has 0 bridgehead atoms. The highest BCUT2D eigenvalue weighted by atomic mass is 35.5. The number of nitriles is 1. The number of hydrogen-bond donors (Lipinski definition) is 0. The van der Waals surface area contributed by atoms with Crippen molar-refractivity contribution in [1.82, 2.24) is 14.8 Å². The lowest BCUT2D eigenvalue weighted by atomic mass is 10.0. The molecule has 23 heavy (non-hydrogen) atoms. The molecule has 2 aromatic rings. The summed E-state index contributed by atoms with van der Waals surface area (Å²) in [6, 6.07) is 3.71. The van der Waals surface area contributed by atoms with Crippen LogP contribution in [0.15, 0.2) is 24.7 Å². The topological polar surface area (TPSA) is 74.8 Å². The van der Waals surface area contributed by atoms with Crippen LogP contribution in [0.5, 0.6) is 0 Å². The Bertz CT molecular complexity index is 779. The third kappa shape index (κ3) is 3.20.